The van der Waals surface area contributed by atoms with Gasteiger partial charge in [-0.05, 0) is 32.2 Å². The third-order valence-corrected chi connectivity index (χ3v) is 3.94. The molecule has 1 spiro atoms. The molecule has 1 saturated carbocycles. The summed E-state index contributed by atoms with van der Waals surface area (Å²) in [4.78, 5) is 16.2. The lowest BCUT2D eigenvalue weighted by molar-refractivity contribution is 0.123. The Labute approximate surface area is 90.6 Å². The van der Waals surface area contributed by atoms with Gasteiger partial charge in [0.1, 0.15) is 0 Å². The van der Waals surface area contributed by atoms with Gasteiger partial charge >= 0.3 is 6.03 Å². The van der Waals surface area contributed by atoms with Crippen molar-refractivity contribution in [1.82, 2.24) is 15.1 Å². The molecule has 3 rings (SSSR count). The first-order valence-corrected chi connectivity index (χ1v) is 5.98. The van der Waals surface area contributed by atoms with Gasteiger partial charge in [-0.3, -0.25) is 0 Å². The second-order valence-corrected chi connectivity index (χ2v) is 5.24. The third-order valence-electron chi connectivity index (χ3n) is 3.94. The molecular weight excluding hydrogens is 190 g/mol. The fourth-order valence-corrected chi connectivity index (χ4v) is 3.14. The van der Waals surface area contributed by atoms with Gasteiger partial charge < -0.3 is 15.1 Å². The number of urea groups is 1. The largest absolute Gasteiger partial charge is 0.325 e. The molecule has 0 aromatic heterocycles. The standard InChI is InChI=1S/C11H19N3O/c1-13-8-11(5-2-6-12-7-11)14(10(13)15)9-3-4-9/h9,12H,2-8H2,1H3. The number of carbonyl (C=O) groups is 1. The zero-order valence-electron chi connectivity index (χ0n) is 9.33. The molecule has 0 aromatic carbocycles. The number of piperidine rings is 1. The predicted molar refractivity (Wildman–Crippen MR) is 57.7 cm³/mol. The van der Waals surface area contributed by atoms with Crippen molar-refractivity contribution < 1.29 is 4.79 Å². The van der Waals surface area contributed by atoms with E-state index in [0.717, 1.165) is 19.6 Å². The van der Waals surface area contributed by atoms with Crippen molar-refractivity contribution in [1.29, 1.82) is 0 Å². The number of hydrogen-bond acceptors (Lipinski definition) is 2. The minimum Gasteiger partial charge on any atom is -0.325 e. The second kappa shape index (κ2) is 3.11. The number of carbonyl (C=O) groups excluding carboxylic acids is 1. The van der Waals surface area contributed by atoms with Gasteiger partial charge in [0.25, 0.3) is 0 Å². The monoisotopic (exact) mass is 209 g/mol. The summed E-state index contributed by atoms with van der Waals surface area (Å²) in [6.07, 6.45) is 4.79. The smallest absolute Gasteiger partial charge is 0.320 e. The van der Waals surface area contributed by atoms with E-state index >= 15 is 0 Å². The van der Waals surface area contributed by atoms with Crippen molar-refractivity contribution in [3.8, 4) is 0 Å². The predicted octanol–water partition coefficient (Wildman–Crippen LogP) is 0.638. The van der Waals surface area contributed by atoms with Crippen LogP contribution in [-0.2, 0) is 0 Å². The van der Waals surface area contributed by atoms with Gasteiger partial charge in [0, 0.05) is 26.2 Å². The molecule has 0 radical (unpaired) electrons. The molecule has 1 N–H and O–H groups in total. The van der Waals surface area contributed by atoms with Gasteiger partial charge in [0.2, 0.25) is 0 Å². The van der Waals surface area contributed by atoms with Crippen LogP contribution in [0.1, 0.15) is 25.7 Å². The van der Waals surface area contributed by atoms with E-state index in [1.807, 2.05) is 11.9 Å². The molecule has 2 aliphatic heterocycles. The summed E-state index contributed by atoms with van der Waals surface area (Å²) in [5.41, 5.74) is 0.116. The minimum absolute atomic E-state index is 0.116. The molecule has 4 heteroatoms. The Morgan fingerprint density at radius 3 is 2.87 bits per heavy atom. The van der Waals surface area contributed by atoms with Gasteiger partial charge in [-0.1, -0.05) is 0 Å². The van der Waals surface area contributed by atoms with E-state index in [1.165, 1.54) is 25.7 Å². The Kier molecular flexibility index (Phi) is 1.96. The van der Waals surface area contributed by atoms with Crippen LogP contribution < -0.4 is 5.32 Å². The molecule has 84 valence electrons. The van der Waals surface area contributed by atoms with Crippen LogP contribution in [0.25, 0.3) is 0 Å². The van der Waals surface area contributed by atoms with Gasteiger partial charge in [-0.15, -0.1) is 0 Å². The number of nitrogens with zero attached hydrogens (tertiary/aromatic N) is 2. The fraction of sp³-hybridized carbons (Fsp3) is 0.909. The van der Waals surface area contributed by atoms with E-state index in [9.17, 15) is 4.79 Å². The Balaban J connectivity index is 1.88. The van der Waals surface area contributed by atoms with Crippen molar-refractivity contribution >= 4 is 6.03 Å². The first-order valence-electron chi connectivity index (χ1n) is 5.98. The lowest BCUT2D eigenvalue weighted by Gasteiger charge is -2.40. The summed E-state index contributed by atoms with van der Waals surface area (Å²) in [5, 5.41) is 3.45. The van der Waals surface area contributed by atoms with Crippen LogP contribution in [0.2, 0.25) is 0 Å². The second-order valence-electron chi connectivity index (χ2n) is 5.24. The highest BCUT2D eigenvalue weighted by Crippen LogP contribution is 2.40. The van der Waals surface area contributed by atoms with Crippen molar-refractivity contribution in [2.45, 2.75) is 37.3 Å². The number of amides is 2. The Morgan fingerprint density at radius 1 is 1.47 bits per heavy atom. The summed E-state index contributed by atoms with van der Waals surface area (Å²) >= 11 is 0. The van der Waals surface area contributed by atoms with E-state index in [-0.39, 0.29) is 11.6 Å². The average molecular weight is 209 g/mol. The molecule has 15 heavy (non-hydrogen) atoms. The van der Waals surface area contributed by atoms with Gasteiger partial charge in [-0.2, -0.15) is 0 Å². The molecule has 4 nitrogen and oxygen atoms in total. The summed E-state index contributed by atoms with van der Waals surface area (Å²) < 4.78 is 0. The van der Waals surface area contributed by atoms with E-state index in [0.29, 0.717) is 6.04 Å². The first-order chi connectivity index (χ1) is 7.23. The quantitative estimate of drug-likeness (QED) is 0.688. The van der Waals surface area contributed by atoms with Crippen LogP contribution in [0.15, 0.2) is 0 Å². The zero-order chi connectivity index (χ0) is 10.5. The van der Waals surface area contributed by atoms with Crippen LogP contribution in [0.4, 0.5) is 4.79 Å². The molecule has 0 bridgehead atoms. The molecule has 2 heterocycles. The number of hydrogen-bond donors (Lipinski definition) is 1. The highest BCUT2D eigenvalue weighted by molar-refractivity contribution is 5.78. The average Bonchev–Trinajstić information content (AvgIpc) is 3.00. The van der Waals surface area contributed by atoms with E-state index in [4.69, 9.17) is 0 Å². The van der Waals surface area contributed by atoms with Crippen molar-refractivity contribution in [3.05, 3.63) is 0 Å². The molecule has 2 amide bonds. The van der Waals surface area contributed by atoms with Crippen LogP contribution >= 0.6 is 0 Å². The topological polar surface area (TPSA) is 35.6 Å². The number of likely N-dealkylation sites (N-methyl/N-ethyl adjacent to an activating group) is 1. The maximum atomic E-state index is 12.1. The minimum atomic E-state index is 0.116. The molecule has 3 aliphatic rings. The van der Waals surface area contributed by atoms with Crippen molar-refractivity contribution in [3.63, 3.8) is 0 Å². The van der Waals surface area contributed by atoms with Gasteiger partial charge in [0.15, 0.2) is 0 Å². The van der Waals surface area contributed by atoms with E-state index in [2.05, 4.69) is 10.2 Å². The summed E-state index contributed by atoms with van der Waals surface area (Å²) in [5.74, 6) is 0. The molecular formula is C11H19N3O. The number of rotatable bonds is 1. The summed E-state index contributed by atoms with van der Waals surface area (Å²) in [6, 6.07) is 0.795. The summed E-state index contributed by atoms with van der Waals surface area (Å²) in [6.45, 7) is 3.01. The highest BCUT2D eigenvalue weighted by atomic mass is 16.2. The van der Waals surface area contributed by atoms with E-state index < -0.39 is 0 Å². The molecule has 1 unspecified atom stereocenters. The van der Waals surface area contributed by atoms with E-state index in [1.54, 1.807) is 0 Å². The van der Waals surface area contributed by atoms with Crippen molar-refractivity contribution in [2.24, 2.45) is 0 Å². The Hall–Kier alpha value is -0.770. The highest BCUT2D eigenvalue weighted by Gasteiger charge is 2.53. The van der Waals surface area contributed by atoms with Crippen LogP contribution in [0.3, 0.4) is 0 Å². The SMILES string of the molecule is CN1CC2(CCCNC2)N(C2CC2)C1=O. The molecule has 2 saturated heterocycles. The lowest BCUT2D eigenvalue weighted by atomic mass is 9.89. The molecule has 1 aliphatic carbocycles. The van der Waals surface area contributed by atoms with Crippen molar-refractivity contribution in [2.75, 3.05) is 26.7 Å². The lowest BCUT2D eigenvalue weighted by Crippen LogP contribution is -2.57. The van der Waals surface area contributed by atoms with Crippen LogP contribution in [0, 0.1) is 0 Å². The van der Waals surface area contributed by atoms with Gasteiger partial charge in [-0.25, -0.2) is 4.79 Å². The molecule has 1 atom stereocenters. The number of nitrogens with one attached hydrogen (secondary N) is 1. The molecule has 0 aromatic rings. The van der Waals surface area contributed by atoms with Crippen LogP contribution in [0.5, 0.6) is 0 Å². The Bertz CT molecular complexity index is 282. The third kappa shape index (κ3) is 1.34. The molecule has 3 fully saturated rings. The maximum absolute atomic E-state index is 12.1. The fourth-order valence-electron chi connectivity index (χ4n) is 3.14. The summed E-state index contributed by atoms with van der Waals surface area (Å²) in [7, 11) is 1.93. The van der Waals surface area contributed by atoms with Gasteiger partial charge in [0.05, 0.1) is 5.54 Å². The zero-order valence-corrected chi connectivity index (χ0v) is 9.33. The normalized spacial score (nSPS) is 36.7. The first kappa shape index (κ1) is 9.46. The van der Waals surface area contributed by atoms with Crippen LogP contribution in [-0.4, -0.2) is 54.1 Å². The maximum Gasteiger partial charge on any atom is 0.320 e. The Morgan fingerprint density at radius 2 is 2.27 bits per heavy atom.